The maximum atomic E-state index is 11.5. The molecule has 0 radical (unpaired) electrons. The Hall–Kier alpha value is -1.22. The molecule has 0 aromatic heterocycles. The zero-order chi connectivity index (χ0) is 15.9. The number of unbranched alkanes of at least 4 members (excludes halogenated alkanes) is 2. The molecule has 0 aliphatic rings. The molecule has 0 saturated carbocycles. The predicted molar refractivity (Wildman–Crippen MR) is 86.0 cm³/mol. The Bertz CT molecular complexity index is 464. The molecule has 0 saturated heterocycles. The largest absolute Gasteiger partial charge is 0.492 e. The molecule has 1 aromatic carbocycles. The molecule has 1 aromatic rings. The van der Waals surface area contributed by atoms with Crippen molar-refractivity contribution in [3.63, 3.8) is 0 Å². The van der Waals surface area contributed by atoms with Gasteiger partial charge in [0.15, 0.2) is 0 Å². The third kappa shape index (κ3) is 7.96. The summed E-state index contributed by atoms with van der Waals surface area (Å²) < 4.78 is 10.9. The Morgan fingerprint density at radius 3 is 2.52 bits per heavy atom. The van der Waals surface area contributed by atoms with Crippen molar-refractivity contribution >= 4 is 17.6 Å². The van der Waals surface area contributed by atoms with E-state index in [0.717, 1.165) is 30.6 Å². The average Bonchev–Trinajstić information content (AvgIpc) is 2.33. The van der Waals surface area contributed by atoms with Gasteiger partial charge in [0, 0.05) is 6.42 Å². The van der Waals surface area contributed by atoms with Crippen LogP contribution in [-0.2, 0) is 9.53 Å². The van der Waals surface area contributed by atoms with Gasteiger partial charge in [0.2, 0.25) is 0 Å². The average molecular weight is 313 g/mol. The van der Waals surface area contributed by atoms with Gasteiger partial charge in [-0.25, -0.2) is 0 Å². The highest BCUT2D eigenvalue weighted by Crippen LogP contribution is 2.25. The van der Waals surface area contributed by atoms with Crippen molar-refractivity contribution in [3.05, 3.63) is 28.8 Å². The molecule has 0 bridgehead atoms. The zero-order valence-corrected chi connectivity index (χ0v) is 14.1. The third-order valence-electron chi connectivity index (χ3n) is 2.79. The molecule has 0 N–H and O–H groups in total. The molecule has 0 atom stereocenters. The van der Waals surface area contributed by atoms with Crippen LogP contribution in [0.15, 0.2) is 18.2 Å². The highest BCUT2D eigenvalue weighted by molar-refractivity contribution is 6.32. The topological polar surface area (TPSA) is 35.5 Å². The first-order valence-corrected chi connectivity index (χ1v) is 7.76. The van der Waals surface area contributed by atoms with Crippen molar-refractivity contribution in [1.82, 2.24) is 0 Å². The lowest BCUT2D eigenvalue weighted by atomic mass is 10.1. The lowest BCUT2D eigenvalue weighted by Crippen LogP contribution is -2.23. The summed E-state index contributed by atoms with van der Waals surface area (Å²) in [5, 5.41) is 0.642. The van der Waals surface area contributed by atoms with E-state index in [9.17, 15) is 4.79 Å². The van der Waals surface area contributed by atoms with E-state index in [2.05, 4.69) is 0 Å². The van der Waals surface area contributed by atoms with Crippen LogP contribution in [0.3, 0.4) is 0 Å². The van der Waals surface area contributed by atoms with Crippen LogP contribution in [0, 0.1) is 6.92 Å². The van der Waals surface area contributed by atoms with Crippen LogP contribution in [0.2, 0.25) is 5.02 Å². The predicted octanol–water partition coefficient (Wildman–Crippen LogP) is 4.93. The minimum absolute atomic E-state index is 0.134. The summed E-state index contributed by atoms with van der Waals surface area (Å²) in [6.07, 6.45) is 3.11. The number of benzene rings is 1. The lowest BCUT2D eigenvalue weighted by molar-refractivity contribution is -0.154. The first-order valence-electron chi connectivity index (χ1n) is 7.39. The van der Waals surface area contributed by atoms with Crippen LogP contribution in [-0.4, -0.2) is 18.2 Å². The van der Waals surface area contributed by atoms with Crippen LogP contribution in [0.25, 0.3) is 0 Å². The number of carbonyl (C=O) groups is 1. The van der Waals surface area contributed by atoms with E-state index in [1.807, 2.05) is 45.9 Å². The van der Waals surface area contributed by atoms with E-state index in [-0.39, 0.29) is 5.97 Å². The molecule has 4 heteroatoms. The summed E-state index contributed by atoms with van der Waals surface area (Å²) in [4.78, 5) is 11.5. The van der Waals surface area contributed by atoms with Crippen LogP contribution >= 0.6 is 11.6 Å². The third-order valence-corrected chi connectivity index (χ3v) is 3.09. The van der Waals surface area contributed by atoms with Gasteiger partial charge in [-0.2, -0.15) is 0 Å². The lowest BCUT2D eigenvalue weighted by Gasteiger charge is -2.19. The molecule has 1 rings (SSSR count). The van der Waals surface area contributed by atoms with Gasteiger partial charge in [-0.05, 0) is 64.7 Å². The fraction of sp³-hybridized carbons (Fsp3) is 0.588. The second-order valence-corrected chi connectivity index (χ2v) is 6.59. The highest BCUT2D eigenvalue weighted by Gasteiger charge is 2.15. The van der Waals surface area contributed by atoms with Gasteiger partial charge < -0.3 is 9.47 Å². The second kappa shape index (κ2) is 8.28. The molecular weight excluding hydrogens is 288 g/mol. The van der Waals surface area contributed by atoms with Gasteiger partial charge in [-0.3, -0.25) is 4.79 Å². The molecule has 0 aliphatic heterocycles. The second-order valence-electron chi connectivity index (χ2n) is 6.18. The first kappa shape index (κ1) is 17.8. The van der Waals surface area contributed by atoms with Gasteiger partial charge in [0.05, 0.1) is 11.6 Å². The quantitative estimate of drug-likeness (QED) is 0.529. The maximum Gasteiger partial charge on any atom is 0.306 e. The van der Waals surface area contributed by atoms with Gasteiger partial charge in [-0.1, -0.05) is 17.7 Å². The van der Waals surface area contributed by atoms with Crippen LogP contribution in [0.4, 0.5) is 0 Å². The molecular formula is C17H25ClO3. The number of halogens is 1. The summed E-state index contributed by atoms with van der Waals surface area (Å²) in [5.41, 5.74) is 0.715. The molecule has 0 aliphatic carbocycles. The summed E-state index contributed by atoms with van der Waals surface area (Å²) in [7, 11) is 0. The van der Waals surface area contributed by atoms with Crippen molar-refractivity contribution in [2.24, 2.45) is 0 Å². The molecule has 0 heterocycles. The first-order chi connectivity index (χ1) is 9.78. The van der Waals surface area contributed by atoms with Crippen molar-refractivity contribution in [2.45, 2.75) is 59.0 Å². The SMILES string of the molecule is Cc1ccc(OCCCCCC(=O)OC(C)(C)C)c(Cl)c1. The number of hydrogen-bond acceptors (Lipinski definition) is 3. The Balaban J connectivity index is 2.13. The van der Waals surface area contributed by atoms with E-state index >= 15 is 0 Å². The molecule has 3 nitrogen and oxygen atoms in total. The number of aryl methyl sites for hydroxylation is 1. The van der Waals surface area contributed by atoms with Crippen molar-refractivity contribution in [2.75, 3.05) is 6.61 Å². The molecule has 0 unspecified atom stereocenters. The summed E-state index contributed by atoms with van der Waals surface area (Å²) in [6, 6.07) is 5.75. The summed E-state index contributed by atoms with van der Waals surface area (Å²) in [5.74, 6) is 0.583. The van der Waals surface area contributed by atoms with Crippen LogP contribution in [0.5, 0.6) is 5.75 Å². The Morgan fingerprint density at radius 2 is 1.90 bits per heavy atom. The fourth-order valence-corrected chi connectivity index (χ4v) is 2.14. The van der Waals surface area contributed by atoms with Crippen molar-refractivity contribution < 1.29 is 14.3 Å². The maximum absolute atomic E-state index is 11.5. The van der Waals surface area contributed by atoms with E-state index < -0.39 is 5.60 Å². The standard InChI is InChI=1S/C17H25ClO3/c1-13-9-10-15(14(18)12-13)20-11-7-5-6-8-16(19)21-17(2,3)4/h9-10,12H,5-8,11H2,1-4H3. The van der Waals surface area contributed by atoms with Crippen molar-refractivity contribution in [3.8, 4) is 5.75 Å². The fourth-order valence-electron chi connectivity index (χ4n) is 1.85. The molecule has 0 amide bonds. The van der Waals surface area contributed by atoms with E-state index in [1.54, 1.807) is 0 Å². The Morgan fingerprint density at radius 1 is 1.19 bits per heavy atom. The minimum Gasteiger partial charge on any atom is -0.492 e. The van der Waals surface area contributed by atoms with E-state index in [1.165, 1.54) is 0 Å². The van der Waals surface area contributed by atoms with Gasteiger partial charge >= 0.3 is 5.97 Å². The van der Waals surface area contributed by atoms with Gasteiger partial charge in [0.1, 0.15) is 11.4 Å². The van der Waals surface area contributed by atoms with E-state index in [0.29, 0.717) is 18.1 Å². The number of rotatable bonds is 7. The molecule has 21 heavy (non-hydrogen) atoms. The summed E-state index contributed by atoms with van der Waals surface area (Å²) >= 11 is 6.09. The zero-order valence-electron chi connectivity index (χ0n) is 13.4. The molecule has 0 spiro atoms. The van der Waals surface area contributed by atoms with Crippen molar-refractivity contribution in [1.29, 1.82) is 0 Å². The molecule has 0 fully saturated rings. The number of ether oxygens (including phenoxy) is 2. The number of hydrogen-bond donors (Lipinski definition) is 0. The number of carbonyl (C=O) groups excluding carboxylic acids is 1. The monoisotopic (exact) mass is 312 g/mol. The Kier molecular flexibility index (Phi) is 7.03. The smallest absolute Gasteiger partial charge is 0.306 e. The Labute approximate surface area is 132 Å². The van der Waals surface area contributed by atoms with Crippen LogP contribution in [0.1, 0.15) is 52.0 Å². The van der Waals surface area contributed by atoms with Gasteiger partial charge in [0.25, 0.3) is 0 Å². The highest BCUT2D eigenvalue weighted by atomic mass is 35.5. The number of esters is 1. The summed E-state index contributed by atoms with van der Waals surface area (Å²) in [6.45, 7) is 8.24. The normalized spacial score (nSPS) is 11.3. The molecule has 118 valence electrons. The van der Waals surface area contributed by atoms with Gasteiger partial charge in [-0.15, -0.1) is 0 Å². The van der Waals surface area contributed by atoms with E-state index in [4.69, 9.17) is 21.1 Å². The van der Waals surface area contributed by atoms with Crippen LogP contribution < -0.4 is 4.74 Å². The minimum atomic E-state index is -0.400.